The van der Waals surface area contributed by atoms with Gasteiger partial charge in [0.2, 0.25) is 0 Å². The molecule has 0 aliphatic carbocycles. The molecular formula is C14H13NO5. The van der Waals surface area contributed by atoms with E-state index >= 15 is 0 Å². The second-order valence-corrected chi connectivity index (χ2v) is 4.15. The molecule has 1 aromatic heterocycles. The molecule has 0 unspecified atom stereocenters. The summed E-state index contributed by atoms with van der Waals surface area (Å²) >= 11 is 0. The van der Waals surface area contributed by atoms with E-state index in [1.165, 1.54) is 30.5 Å². The first-order valence-electron chi connectivity index (χ1n) is 5.83. The molecule has 20 heavy (non-hydrogen) atoms. The topological polar surface area (TPSA) is 111 Å². The first-order chi connectivity index (χ1) is 9.54. The number of aliphatic hydroxyl groups is 3. The number of hydrogen-bond acceptors (Lipinski definition) is 5. The highest BCUT2D eigenvalue weighted by molar-refractivity contribution is 5.94. The van der Waals surface area contributed by atoms with E-state index in [1.54, 1.807) is 6.07 Å². The van der Waals surface area contributed by atoms with E-state index in [1.807, 2.05) is 0 Å². The van der Waals surface area contributed by atoms with E-state index in [-0.39, 0.29) is 23.4 Å². The Morgan fingerprint density at radius 1 is 1.25 bits per heavy atom. The van der Waals surface area contributed by atoms with Gasteiger partial charge in [-0.3, -0.25) is 4.98 Å². The molecule has 0 aliphatic heterocycles. The number of nitrogens with zero attached hydrogens (tertiary/aromatic N) is 1. The lowest BCUT2D eigenvalue weighted by Crippen LogP contribution is -2.04. The van der Waals surface area contributed by atoms with Gasteiger partial charge < -0.3 is 20.4 Å². The Morgan fingerprint density at radius 3 is 2.60 bits per heavy atom. The molecule has 4 N–H and O–H groups in total. The van der Waals surface area contributed by atoms with Crippen molar-refractivity contribution in [1.29, 1.82) is 0 Å². The number of carboxylic acids is 1. The smallest absolute Gasteiger partial charge is 0.337 e. The fraction of sp³-hybridized carbons (Fsp3) is 0.143. The molecule has 0 aliphatic rings. The van der Waals surface area contributed by atoms with Crippen LogP contribution >= 0.6 is 0 Å². The fourth-order valence-corrected chi connectivity index (χ4v) is 1.93. The highest BCUT2D eigenvalue weighted by atomic mass is 16.5. The number of pyridine rings is 1. The Bertz CT molecular complexity index is 639. The number of hydrogen-bond donors (Lipinski definition) is 4. The molecule has 0 spiro atoms. The molecule has 2 aromatic rings. The van der Waals surface area contributed by atoms with Crippen LogP contribution in [0.1, 0.15) is 27.8 Å². The number of rotatable bonds is 4. The average molecular weight is 275 g/mol. The fourth-order valence-electron chi connectivity index (χ4n) is 1.93. The lowest BCUT2D eigenvalue weighted by atomic mass is 9.99. The van der Waals surface area contributed by atoms with E-state index in [9.17, 15) is 15.0 Å². The van der Waals surface area contributed by atoms with Gasteiger partial charge >= 0.3 is 5.97 Å². The number of aromatic nitrogens is 1. The lowest BCUT2D eigenvalue weighted by molar-refractivity contribution is -0.0437. The van der Waals surface area contributed by atoms with Crippen molar-refractivity contribution in [2.45, 2.75) is 12.9 Å². The van der Waals surface area contributed by atoms with E-state index in [4.69, 9.17) is 10.2 Å². The molecule has 0 saturated carbocycles. The number of carbonyl (C=O) groups is 1. The number of carboxylic acid groups (broad SMARTS) is 1. The summed E-state index contributed by atoms with van der Waals surface area (Å²) in [6, 6.07) is 7.41. The van der Waals surface area contributed by atoms with Crippen LogP contribution in [-0.2, 0) is 6.61 Å². The van der Waals surface area contributed by atoms with Gasteiger partial charge in [-0.05, 0) is 23.8 Å². The predicted molar refractivity (Wildman–Crippen MR) is 69.7 cm³/mol. The molecule has 6 nitrogen and oxygen atoms in total. The van der Waals surface area contributed by atoms with Gasteiger partial charge in [-0.1, -0.05) is 12.1 Å². The van der Waals surface area contributed by atoms with E-state index in [0.29, 0.717) is 11.1 Å². The van der Waals surface area contributed by atoms with Gasteiger partial charge in [0.15, 0.2) is 6.29 Å². The average Bonchev–Trinajstić information content (AvgIpc) is 2.46. The van der Waals surface area contributed by atoms with Crippen LogP contribution in [0, 0.1) is 0 Å². The van der Waals surface area contributed by atoms with Crippen molar-refractivity contribution in [2.24, 2.45) is 0 Å². The molecule has 2 rings (SSSR count). The van der Waals surface area contributed by atoms with Gasteiger partial charge in [0.1, 0.15) is 0 Å². The van der Waals surface area contributed by atoms with Crippen LogP contribution in [0.15, 0.2) is 36.5 Å². The summed E-state index contributed by atoms with van der Waals surface area (Å²) in [5.41, 5.74) is 1.15. The lowest BCUT2D eigenvalue weighted by Gasteiger charge is -2.12. The van der Waals surface area contributed by atoms with Crippen LogP contribution in [0.25, 0.3) is 11.3 Å². The van der Waals surface area contributed by atoms with Crippen LogP contribution < -0.4 is 0 Å². The monoisotopic (exact) mass is 275 g/mol. The SMILES string of the molecule is O=C(O)c1cccnc1-c1ccc(CO)c(C(O)O)c1. The zero-order valence-corrected chi connectivity index (χ0v) is 10.4. The van der Waals surface area contributed by atoms with Crippen LogP contribution in [0.3, 0.4) is 0 Å². The van der Waals surface area contributed by atoms with Crippen LogP contribution in [0.4, 0.5) is 0 Å². The van der Waals surface area contributed by atoms with E-state index < -0.39 is 12.3 Å². The number of aromatic carboxylic acids is 1. The first kappa shape index (κ1) is 14.1. The first-order valence-corrected chi connectivity index (χ1v) is 5.83. The van der Waals surface area contributed by atoms with Gasteiger partial charge in [-0.15, -0.1) is 0 Å². The summed E-state index contributed by atoms with van der Waals surface area (Å²) in [5.74, 6) is -1.12. The van der Waals surface area contributed by atoms with Crippen molar-refractivity contribution in [3.63, 3.8) is 0 Å². The predicted octanol–water partition coefficient (Wildman–Crippen LogP) is 0.922. The van der Waals surface area contributed by atoms with Crippen molar-refractivity contribution >= 4 is 5.97 Å². The van der Waals surface area contributed by atoms with Gasteiger partial charge in [0.25, 0.3) is 0 Å². The maximum absolute atomic E-state index is 11.2. The largest absolute Gasteiger partial charge is 0.478 e. The summed E-state index contributed by atoms with van der Waals surface area (Å²) in [7, 11) is 0. The van der Waals surface area contributed by atoms with Gasteiger partial charge in [-0.2, -0.15) is 0 Å². The zero-order chi connectivity index (χ0) is 14.7. The highest BCUT2D eigenvalue weighted by Crippen LogP contribution is 2.26. The summed E-state index contributed by atoms with van der Waals surface area (Å²) in [6.07, 6.45) is -0.300. The van der Waals surface area contributed by atoms with Crippen molar-refractivity contribution in [1.82, 2.24) is 4.98 Å². The third kappa shape index (κ3) is 2.67. The van der Waals surface area contributed by atoms with E-state index in [2.05, 4.69) is 4.98 Å². The van der Waals surface area contributed by atoms with Crippen LogP contribution in [0.5, 0.6) is 0 Å². The Morgan fingerprint density at radius 2 is 2.00 bits per heavy atom. The van der Waals surface area contributed by atoms with E-state index in [0.717, 1.165) is 0 Å². The second kappa shape index (κ2) is 5.79. The molecule has 0 saturated heterocycles. The van der Waals surface area contributed by atoms with Crippen molar-refractivity contribution in [2.75, 3.05) is 0 Å². The molecule has 0 fully saturated rings. The molecule has 0 atom stereocenters. The third-order valence-corrected chi connectivity index (χ3v) is 2.91. The quantitative estimate of drug-likeness (QED) is 0.617. The van der Waals surface area contributed by atoms with Gasteiger partial charge in [0.05, 0.1) is 17.9 Å². The summed E-state index contributed by atoms with van der Waals surface area (Å²) in [4.78, 5) is 15.2. The number of benzene rings is 1. The van der Waals surface area contributed by atoms with Gasteiger partial charge in [-0.25, -0.2) is 4.79 Å². The standard InChI is InChI=1S/C14H13NO5/c16-7-9-4-3-8(6-11(9)14(19)20)12-10(13(17)18)2-1-5-15-12/h1-6,14,16,19-20H,7H2,(H,17,18). The van der Waals surface area contributed by atoms with Crippen molar-refractivity contribution in [3.8, 4) is 11.3 Å². The summed E-state index contributed by atoms with van der Waals surface area (Å²) in [6.45, 7) is -0.346. The maximum Gasteiger partial charge on any atom is 0.337 e. The minimum atomic E-state index is -1.76. The number of aliphatic hydroxyl groups excluding tert-OH is 2. The van der Waals surface area contributed by atoms with Crippen molar-refractivity contribution in [3.05, 3.63) is 53.2 Å². The highest BCUT2D eigenvalue weighted by Gasteiger charge is 2.16. The Balaban J connectivity index is 2.59. The van der Waals surface area contributed by atoms with Crippen molar-refractivity contribution < 1.29 is 25.2 Å². The van der Waals surface area contributed by atoms with Gasteiger partial charge in [0, 0.05) is 17.3 Å². The molecule has 1 heterocycles. The molecular weight excluding hydrogens is 262 g/mol. The molecule has 0 bridgehead atoms. The Labute approximate surface area is 114 Å². The Kier molecular flexibility index (Phi) is 4.09. The summed E-state index contributed by atoms with van der Waals surface area (Å²) in [5, 5.41) is 36.9. The van der Waals surface area contributed by atoms with Crippen LogP contribution in [0.2, 0.25) is 0 Å². The minimum Gasteiger partial charge on any atom is -0.478 e. The third-order valence-electron chi connectivity index (χ3n) is 2.91. The molecule has 6 heteroatoms. The zero-order valence-electron chi connectivity index (χ0n) is 10.4. The summed E-state index contributed by atoms with van der Waals surface area (Å²) < 4.78 is 0. The molecule has 0 radical (unpaired) electrons. The molecule has 104 valence electrons. The molecule has 0 amide bonds. The second-order valence-electron chi connectivity index (χ2n) is 4.15. The minimum absolute atomic E-state index is 0.0163. The Hall–Kier alpha value is -2.28. The normalized spacial score (nSPS) is 10.8. The molecule has 1 aromatic carbocycles. The van der Waals surface area contributed by atoms with Crippen LogP contribution in [-0.4, -0.2) is 31.4 Å². The maximum atomic E-state index is 11.2.